The van der Waals surface area contributed by atoms with Crippen molar-refractivity contribution in [1.82, 2.24) is 9.97 Å². The van der Waals surface area contributed by atoms with Gasteiger partial charge in [0.2, 0.25) is 0 Å². The Morgan fingerprint density at radius 3 is 1.91 bits per heavy atom. The fraction of sp³-hybridized carbons (Fsp3) is 0.111. The molecule has 58 valence electrons. The summed E-state index contributed by atoms with van der Waals surface area (Å²) < 4.78 is 0. The molecule has 0 atom stereocenters. The van der Waals surface area contributed by atoms with Crippen LogP contribution >= 0.6 is 0 Å². The molecule has 0 aromatic carbocycles. The van der Waals surface area contributed by atoms with Crippen molar-refractivity contribution in [2.45, 2.75) is 6.92 Å². The van der Waals surface area contributed by atoms with Crippen LogP contribution in [0.25, 0.3) is 0 Å². The normalized spacial score (nSPS) is 8.45. The monoisotopic (exact) mass is 148 g/mol. The van der Waals surface area contributed by atoms with Gasteiger partial charge in [-0.25, -0.2) is 0 Å². The number of aryl methyl sites for hydroxylation is 1. The molecule has 2 nitrogen and oxygen atoms in total. The smallest absolute Gasteiger partial charge is 0.00345 e. The van der Waals surface area contributed by atoms with Crippen molar-refractivity contribution in [2.75, 3.05) is 0 Å². The highest BCUT2D eigenvalue weighted by atomic mass is 14.6. The molecule has 2 N–H and O–H groups in total. The van der Waals surface area contributed by atoms with E-state index in [4.69, 9.17) is 0 Å². The maximum absolute atomic E-state index is 2.93. The maximum atomic E-state index is 2.93. The quantitative estimate of drug-likeness (QED) is 0.574. The molecule has 2 rings (SSSR count). The standard InChI is InChI=1S/C5H7N.C4H5N/c1-5-2-3-6-4-5;1-2-4-5-3-1/h2-4,6H,1H3;1-5H. The molecule has 0 aliphatic rings. The Kier molecular flexibility index (Phi) is 3.06. The second-order valence-electron chi connectivity index (χ2n) is 2.27. The largest absolute Gasteiger partial charge is 0.368 e. The molecule has 0 spiro atoms. The minimum atomic E-state index is 1.29. The zero-order valence-electron chi connectivity index (χ0n) is 6.54. The van der Waals surface area contributed by atoms with Crippen LogP contribution in [0.1, 0.15) is 5.56 Å². The maximum Gasteiger partial charge on any atom is 0.00345 e. The van der Waals surface area contributed by atoms with E-state index in [-0.39, 0.29) is 0 Å². The lowest BCUT2D eigenvalue weighted by Gasteiger charge is -1.65. The van der Waals surface area contributed by atoms with Crippen LogP contribution in [0.3, 0.4) is 0 Å². The fourth-order valence-corrected chi connectivity index (χ4v) is 0.685. The van der Waals surface area contributed by atoms with Gasteiger partial charge in [0, 0.05) is 24.8 Å². The second-order valence-corrected chi connectivity index (χ2v) is 2.27. The third kappa shape index (κ3) is 3.30. The van der Waals surface area contributed by atoms with E-state index < -0.39 is 0 Å². The van der Waals surface area contributed by atoms with Crippen LogP contribution in [0.15, 0.2) is 43.0 Å². The molecule has 0 amide bonds. The van der Waals surface area contributed by atoms with Gasteiger partial charge in [0.1, 0.15) is 0 Å². The summed E-state index contributed by atoms with van der Waals surface area (Å²) >= 11 is 0. The average Bonchev–Trinajstić information content (AvgIpc) is 2.57. The van der Waals surface area contributed by atoms with Gasteiger partial charge < -0.3 is 9.97 Å². The predicted molar refractivity (Wildman–Crippen MR) is 46.3 cm³/mol. The first-order valence-corrected chi connectivity index (χ1v) is 3.57. The van der Waals surface area contributed by atoms with Crippen molar-refractivity contribution in [3.05, 3.63) is 48.5 Å². The molecule has 0 unspecified atom stereocenters. The highest BCUT2D eigenvalue weighted by molar-refractivity contribution is 5.03. The Balaban J connectivity index is 0.000000112. The molecule has 0 saturated carbocycles. The highest BCUT2D eigenvalue weighted by Gasteiger charge is 1.73. The Hall–Kier alpha value is -1.44. The van der Waals surface area contributed by atoms with Gasteiger partial charge in [-0.15, -0.1) is 0 Å². The third-order valence-electron chi connectivity index (χ3n) is 1.25. The van der Waals surface area contributed by atoms with Crippen molar-refractivity contribution >= 4 is 0 Å². The summed E-state index contributed by atoms with van der Waals surface area (Å²) in [6.07, 6.45) is 7.62. The summed E-state index contributed by atoms with van der Waals surface area (Å²) in [7, 11) is 0. The number of rotatable bonds is 0. The van der Waals surface area contributed by atoms with Crippen LogP contribution in [-0.4, -0.2) is 9.97 Å². The highest BCUT2D eigenvalue weighted by Crippen LogP contribution is 1.88. The topological polar surface area (TPSA) is 31.6 Å². The molecule has 0 bridgehead atoms. The summed E-state index contributed by atoms with van der Waals surface area (Å²) in [5.41, 5.74) is 1.29. The second kappa shape index (κ2) is 4.39. The van der Waals surface area contributed by atoms with Crippen molar-refractivity contribution in [3.8, 4) is 0 Å². The van der Waals surface area contributed by atoms with Crippen molar-refractivity contribution in [1.29, 1.82) is 0 Å². The molecule has 0 saturated heterocycles. The van der Waals surface area contributed by atoms with E-state index in [1.807, 2.05) is 43.0 Å². The van der Waals surface area contributed by atoms with Crippen LogP contribution < -0.4 is 0 Å². The van der Waals surface area contributed by atoms with Gasteiger partial charge in [-0.05, 0) is 30.7 Å². The molecule has 2 aromatic rings. The Morgan fingerprint density at radius 1 is 1.00 bits per heavy atom. The molecule has 2 heterocycles. The molecule has 0 radical (unpaired) electrons. The summed E-state index contributed by atoms with van der Waals surface area (Å²) in [5, 5.41) is 0. The molecule has 0 fully saturated rings. The van der Waals surface area contributed by atoms with E-state index in [0.29, 0.717) is 0 Å². The Labute approximate surface area is 66.3 Å². The van der Waals surface area contributed by atoms with Gasteiger partial charge in [-0.1, -0.05) is 0 Å². The summed E-state index contributed by atoms with van der Waals surface area (Å²) in [6, 6.07) is 5.92. The number of nitrogens with one attached hydrogen (secondary N) is 2. The van der Waals surface area contributed by atoms with E-state index in [0.717, 1.165) is 0 Å². The lowest BCUT2D eigenvalue weighted by molar-refractivity contribution is 1.39. The molecular weight excluding hydrogens is 136 g/mol. The minimum absolute atomic E-state index is 1.29. The molecule has 2 heteroatoms. The van der Waals surface area contributed by atoms with Gasteiger partial charge in [0.15, 0.2) is 0 Å². The summed E-state index contributed by atoms with van der Waals surface area (Å²) in [5.74, 6) is 0. The lowest BCUT2D eigenvalue weighted by Crippen LogP contribution is -1.50. The number of aromatic amines is 2. The summed E-state index contributed by atoms with van der Waals surface area (Å²) in [4.78, 5) is 5.79. The SMILES string of the molecule is Cc1cc[nH]c1.c1cc[nH]c1. The van der Waals surface area contributed by atoms with E-state index in [2.05, 4.69) is 16.9 Å². The first kappa shape index (κ1) is 7.66. The van der Waals surface area contributed by atoms with Crippen molar-refractivity contribution < 1.29 is 0 Å². The number of hydrogen-bond acceptors (Lipinski definition) is 0. The Morgan fingerprint density at radius 2 is 1.73 bits per heavy atom. The van der Waals surface area contributed by atoms with E-state index in [1.165, 1.54) is 5.56 Å². The zero-order valence-corrected chi connectivity index (χ0v) is 6.54. The fourth-order valence-electron chi connectivity index (χ4n) is 0.685. The number of hydrogen-bond donors (Lipinski definition) is 2. The van der Waals surface area contributed by atoms with Crippen LogP contribution in [-0.2, 0) is 0 Å². The molecule has 0 aliphatic heterocycles. The van der Waals surface area contributed by atoms with Gasteiger partial charge in [0.25, 0.3) is 0 Å². The van der Waals surface area contributed by atoms with E-state index in [1.54, 1.807) is 0 Å². The Bertz CT molecular complexity index is 226. The third-order valence-corrected chi connectivity index (χ3v) is 1.25. The van der Waals surface area contributed by atoms with E-state index in [9.17, 15) is 0 Å². The molecule has 2 aromatic heterocycles. The number of H-pyrrole nitrogens is 2. The van der Waals surface area contributed by atoms with E-state index >= 15 is 0 Å². The predicted octanol–water partition coefficient (Wildman–Crippen LogP) is 2.34. The summed E-state index contributed by atoms with van der Waals surface area (Å²) in [6.45, 7) is 2.05. The molecule has 11 heavy (non-hydrogen) atoms. The van der Waals surface area contributed by atoms with Crippen molar-refractivity contribution in [3.63, 3.8) is 0 Å². The van der Waals surface area contributed by atoms with Crippen LogP contribution in [0.2, 0.25) is 0 Å². The zero-order chi connectivity index (χ0) is 7.94. The van der Waals surface area contributed by atoms with Crippen LogP contribution in [0.5, 0.6) is 0 Å². The minimum Gasteiger partial charge on any atom is -0.368 e. The van der Waals surface area contributed by atoms with Crippen LogP contribution in [0.4, 0.5) is 0 Å². The first-order valence-electron chi connectivity index (χ1n) is 3.57. The first-order chi connectivity index (χ1) is 5.39. The lowest BCUT2D eigenvalue weighted by atomic mass is 10.4. The van der Waals surface area contributed by atoms with Gasteiger partial charge in [-0.2, -0.15) is 0 Å². The van der Waals surface area contributed by atoms with Gasteiger partial charge in [0.05, 0.1) is 0 Å². The van der Waals surface area contributed by atoms with Gasteiger partial charge in [-0.3, -0.25) is 0 Å². The van der Waals surface area contributed by atoms with Crippen molar-refractivity contribution in [2.24, 2.45) is 0 Å². The van der Waals surface area contributed by atoms with Crippen LogP contribution in [0, 0.1) is 6.92 Å². The molecule has 0 aliphatic carbocycles. The molecular formula is C9H12N2. The average molecular weight is 148 g/mol. The number of aromatic nitrogens is 2. The van der Waals surface area contributed by atoms with Gasteiger partial charge >= 0.3 is 0 Å².